The number of morpholine rings is 1. The quantitative estimate of drug-likeness (QED) is 0.744. The molecule has 0 aliphatic carbocycles. The average molecular weight is 396 g/mol. The van der Waals surface area contributed by atoms with Gasteiger partial charge >= 0.3 is 5.97 Å². The first-order valence-corrected chi connectivity index (χ1v) is 8.97. The zero-order valence-corrected chi connectivity index (χ0v) is 15.7. The summed E-state index contributed by atoms with van der Waals surface area (Å²) in [5.41, 5.74) is 1.29. The molecule has 24 heavy (non-hydrogen) atoms. The number of ether oxygens (including phenoxy) is 2. The van der Waals surface area contributed by atoms with Crippen molar-refractivity contribution in [3.05, 3.63) is 28.4 Å². The lowest BCUT2D eigenvalue weighted by atomic mass is 10.2. The molecule has 1 aromatic heterocycles. The minimum atomic E-state index is -0.386. The number of nitrogens with zero attached hydrogens (tertiary/aromatic N) is 3. The van der Waals surface area contributed by atoms with Crippen molar-refractivity contribution in [1.82, 2.24) is 14.7 Å². The van der Waals surface area contributed by atoms with E-state index in [4.69, 9.17) is 9.47 Å². The van der Waals surface area contributed by atoms with Crippen LogP contribution in [0.5, 0.6) is 0 Å². The monoisotopic (exact) mass is 395 g/mol. The summed E-state index contributed by atoms with van der Waals surface area (Å²) in [4.78, 5) is 14.6. The average Bonchev–Trinajstić information content (AvgIpc) is 2.89. The number of carbonyl (C=O) groups excluding carboxylic acids is 1. The van der Waals surface area contributed by atoms with E-state index in [2.05, 4.69) is 39.8 Å². The zero-order valence-electron chi connectivity index (χ0n) is 14.2. The van der Waals surface area contributed by atoms with Crippen LogP contribution < -0.4 is 0 Å². The predicted molar refractivity (Wildman–Crippen MR) is 95.0 cm³/mol. The van der Waals surface area contributed by atoms with E-state index in [1.807, 2.05) is 22.9 Å². The van der Waals surface area contributed by atoms with Crippen LogP contribution in [-0.4, -0.2) is 52.6 Å². The Kier molecular flexibility index (Phi) is 5.22. The van der Waals surface area contributed by atoms with Crippen LogP contribution in [0.25, 0.3) is 10.9 Å². The Morgan fingerprint density at radius 1 is 1.46 bits per heavy atom. The Morgan fingerprint density at radius 3 is 3.00 bits per heavy atom. The van der Waals surface area contributed by atoms with Crippen molar-refractivity contribution in [2.24, 2.45) is 0 Å². The Labute approximate surface area is 149 Å². The van der Waals surface area contributed by atoms with Gasteiger partial charge in [-0.15, -0.1) is 0 Å². The third kappa shape index (κ3) is 3.48. The lowest BCUT2D eigenvalue weighted by Gasteiger charge is -2.36. The molecule has 1 aliphatic heterocycles. The molecule has 1 aromatic carbocycles. The van der Waals surface area contributed by atoms with Crippen LogP contribution in [0.4, 0.5) is 0 Å². The fourth-order valence-corrected chi connectivity index (χ4v) is 3.31. The van der Waals surface area contributed by atoms with Crippen molar-refractivity contribution in [1.29, 1.82) is 0 Å². The molecule has 0 saturated carbocycles. The fourth-order valence-electron chi connectivity index (χ4n) is 2.95. The molecule has 130 valence electrons. The number of carbonyl (C=O) groups is 1. The van der Waals surface area contributed by atoms with Crippen LogP contribution >= 0.6 is 15.9 Å². The Hall–Kier alpha value is -1.44. The van der Waals surface area contributed by atoms with Crippen molar-refractivity contribution in [2.75, 3.05) is 19.8 Å². The topological polar surface area (TPSA) is 56.6 Å². The van der Waals surface area contributed by atoms with Crippen molar-refractivity contribution in [3.63, 3.8) is 0 Å². The van der Waals surface area contributed by atoms with Crippen molar-refractivity contribution < 1.29 is 14.3 Å². The molecule has 0 N–H and O–H groups in total. The number of hydrogen-bond donors (Lipinski definition) is 0. The van der Waals surface area contributed by atoms with Gasteiger partial charge in [-0.3, -0.25) is 4.90 Å². The second-order valence-corrected chi connectivity index (χ2v) is 7.05. The lowest BCUT2D eigenvalue weighted by molar-refractivity contribution is -0.0617. The van der Waals surface area contributed by atoms with E-state index in [0.29, 0.717) is 31.6 Å². The molecule has 0 bridgehead atoms. The van der Waals surface area contributed by atoms with Crippen LogP contribution in [0.2, 0.25) is 0 Å². The molecule has 3 rings (SSSR count). The first-order chi connectivity index (χ1) is 11.5. The second-order valence-electron chi connectivity index (χ2n) is 6.14. The highest BCUT2D eigenvalue weighted by molar-refractivity contribution is 9.10. The highest BCUT2D eigenvalue weighted by Crippen LogP contribution is 2.25. The summed E-state index contributed by atoms with van der Waals surface area (Å²) in [5.74, 6) is -0.386. The number of benzene rings is 1. The van der Waals surface area contributed by atoms with Crippen molar-refractivity contribution >= 4 is 32.8 Å². The minimum Gasteiger partial charge on any atom is -0.461 e. The molecule has 1 aliphatic rings. The number of rotatable bonds is 4. The molecule has 0 radical (unpaired) electrons. The third-order valence-electron chi connectivity index (χ3n) is 4.23. The highest BCUT2D eigenvalue weighted by atomic mass is 79.9. The van der Waals surface area contributed by atoms with Crippen LogP contribution in [0, 0.1) is 0 Å². The normalized spacial score (nSPS) is 22.0. The number of hydrogen-bond acceptors (Lipinski definition) is 5. The van der Waals surface area contributed by atoms with E-state index < -0.39 is 0 Å². The molecule has 2 aromatic rings. The van der Waals surface area contributed by atoms with Gasteiger partial charge in [-0.25, -0.2) is 9.48 Å². The molecule has 1 saturated heterocycles. The van der Waals surface area contributed by atoms with E-state index >= 15 is 0 Å². The van der Waals surface area contributed by atoms with Crippen LogP contribution in [-0.2, 0) is 16.1 Å². The van der Waals surface area contributed by atoms with E-state index in [1.165, 1.54) is 0 Å². The summed E-state index contributed by atoms with van der Waals surface area (Å²) in [7, 11) is 0. The number of fused-ring (bicyclic) bond motifs is 1. The van der Waals surface area contributed by atoms with Gasteiger partial charge in [0.15, 0.2) is 5.69 Å². The van der Waals surface area contributed by atoms with Gasteiger partial charge in [-0.05, 0) is 39.0 Å². The molecular formula is C17H22BrN3O3. The van der Waals surface area contributed by atoms with Gasteiger partial charge in [0, 0.05) is 22.4 Å². The molecule has 2 heterocycles. The van der Waals surface area contributed by atoms with E-state index in [9.17, 15) is 4.79 Å². The summed E-state index contributed by atoms with van der Waals surface area (Å²) in [6.07, 6.45) is 0.196. The molecule has 0 spiro atoms. The maximum atomic E-state index is 12.2. The van der Waals surface area contributed by atoms with Crippen LogP contribution in [0.1, 0.15) is 31.3 Å². The first-order valence-electron chi connectivity index (χ1n) is 8.18. The Bertz CT molecular complexity index is 746. The van der Waals surface area contributed by atoms with Crippen LogP contribution in [0.15, 0.2) is 22.7 Å². The molecule has 2 atom stereocenters. The van der Waals surface area contributed by atoms with Gasteiger partial charge in [0.1, 0.15) is 0 Å². The smallest absolute Gasteiger partial charge is 0.359 e. The fraction of sp³-hybridized carbons (Fsp3) is 0.529. The van der Waals surface area contributed by atoms with Gasteiger partial charge in [0.25, 0.3) is 0 Å². The molecule has 6 nitrogen and oxygen atoms in total. The third-order valence-corrected chi connectivity index (χ3v) is 4.73. The summed E-state index contributed by atoms with van der Waals surface area (Å²) >= 11 is 3.46. The SMILES string of the molecule is CCOC(=O)c1nn(CN2C[C@@H](C)OC[C@@H]2C)c2ccc(Br)cc12. The minimum absolute atomic E-state index is 0.196. The molecule has 0 unspecified atom stereocenters. The van der Waals surface area contributed by atoms with Crippen molar-refractivity contribution in [3.8, 4) is 0 Å². The number of esters is 1. The summed E-state index contributed by atoms with van der Waals surface area (Å²) in [6.45, 7) is 8.50. The summed E-state index contributed by atoms with van der Waals surface area (Å²) in [6, 6.07) is 6.16. The van der Waals surface area contributed by atoms with Gasteiger partial charge in [0.05, 0.1) is 31.5 Å². The van der Waals surface area contributed by atoms with Gasteiger partial charge in [-0.1, -0.05) is 15.9 Å². The standard InChI is InChI=1S/C17H22BrN3O3/c1-4-23-17(22)16-14-7-13(18)5-6-15(14)21(19-16)10-20-8-12(3)24-9-11(20)2/h5-7,11-12H,4,8-10H2,1-3H3/t11-,12+/m0/s1. The number of halogens is 1. The van der Waals surface area contributed by atoms with E-state index in [-0.39, 0.29) is 12.1 Å². The first kappa shape index (κ1) is 17.4. The largest absolute Gasteiger partial charge is 0.461 e. The predicted octanol–water partition coefficient (Wildman–Crippen LogP) is 3.04. The Balaban J connectivity index is 1.97. The molecular weight excluding hydrogens is 374 g/mol. The molecule has 0 amide bonds. The second kappa shape index (κ2) is 7.21. The van der Waals surface area contributed by atoms with Gasteiger partial charge < -0.3 is 9.47 Å². The molecule has 7 heteroatoms. The lowest BCUT2D eigenvalue weighted by Crippen LogP contribution is -2.47. The summed E-state index contributed by atoms with van der Waals surface area (Å²) < 4.78 is 13.6. The summed E-state index contributed by atoms with van der Waals surface area (Å²) in [5, 5.41) is 5.34. The maximum Gasteiger partial charge on any atom is 0.359 e. The van der Waals surface area contributed by atoms with Crippen molar-refractivity contribution in [2.45, 2.75) is 39.6 Å². The maximum absolute atomic E-state index is 12.2. The Morgan fingerprint density at radius 2 is 2.25 bits per heavy atom. The van der Waals surface area contributed by atoms with Gasteiger partial charge in [0.2, 0.25) is 0 Å². The van der Waals surface area contributed by atoms with E-state index in [1.54, 1.807) is 6.92 Å². The number of aromatic nitrogens is 2. The zero-order chi connectivity index (χ0) is 17.3. The highest BCUT2D eigenvalue weighted by Gasteiger charge is 2.25. The molecule has 1 fully saturated rings. The van der Waals surface area contributed by atoms with E-state index in [0.717, 1.165) is 21.9 Å². The van der Waals surface area contributed by atoms with Crippen LogP contribution in [0.3, 0.4) is 0 Å². The van der Waals surface area contributed by atoms with Gasteiger partial charge in [-0.2, -0.15) is 5.10 Å².